The van der Waals surface area contributed by atoms with Gasteiger partial charge in [-0.05, 0) is 19.3 Å². The number of hydrogen-bond acceptors (Lipinski definition) is 3. The SMILES string of the molecule is CCCCCCC=CC1OCOCC1CCO. The minimum absolute atomic E-state index is 0.127. The van der Waals surface area contributed by atoms with Crippen LogP contribution in [-0.2, 0) is 9.47 Å². The van der Waals surface area contributed by atoms with Gasteiger partial charge in [0, 0.05) is 12.5 Å². The van der Waals surface area contributed by atoms with Crippen molar-refractivity contribution in [3.8, 4) is 0 Å². The quantitative estimate of drug-likeness (QED) is 0.525. The Labute approximate surface area is 105 Å². The largest absolute Gasteiger partial charge is 0.396 e. The van der Waals surface area contributed by atoms with E-state index >= 15 is 0 Å². The summed E-state index contributed by atoms with van der Waals surface area (Å²) in [6, 6.07) is 0. The van der Waals surface area contributed by atoms with E-state index in [1.165, 1.54) is 25.7 Å². The summed E-state index contributed by atoms with van der Waals surface area (Å²) in [6.45, 7) is 3.52. The highest BCUT2D eigenvalue weighted by atomic mass is 16.7. The van der Waals surface area contributed by atoms with Crippen LogP contribution < -0.4 is 0 Å². The number of hydrogen-bond donors (Lipinski definition) is 1. The maximum Gasteiger partial charge on any atom is 0.147 e. The summed E-state index contributed by atoms with van der Waals surface area (Å²) in [6.07, 6.45) is 11.6. The van der Waals surface area contributed by atoms with E-state index in [-0.39, 0.29) is 12.7 Å². The molecule has 2 atom stereocenters. The lowest BCUT2D eigenvalue weighted by atomic mass is 9.98. The predicted molar refractivity (Wildman–Crippen MR) is 68.8 cm³/mol. The fraction of sp³-hybridized carbons (Fsp3) is 0.857. The van der Waals surface area contributed by atoms with E-state index in [4.69, 9.17) is 14.6 Å². The first-order valence-electron chi connectivity index (χ1n) is 6.85. The first-order chi connectivity index (χ1) is 8.38. The zero-order chi connectivity index (χ0) is 12.3. The van der Waals surface area contributed by atoms with Gasteiger partial charge in [0.25, 0.3) is 0 Å². The fourth-order valence-electron chi connectivity index (χ4n) is 2.10. The van der Waals surface area contributed by atoms with Crippen molar-refractivity contribution in [3.63, 3.8) is 0 Å². The number of unbranched alkanes of at least 4 members (excludes halogenated alkanes) is 4. The van der Waals surface area contributed by atoms with Gasteiger partial charge >= 0.3 is 0 Å². The Morgan fingerprint density at radius 3 is 2.94 bits per heavy atom. The third kappa shape index (κ3) is 6.20. The van der Waals surface area contributed by atoms with Crippen LogP contribution in [0.4, 0.5) is 0 Å². The van der Waals surface area contributed by atoms with Crippen LogP contribution in [0.15, 0.2) is 12.2 Å². The van der Waals surface area contributed by atoms with Crippen LogP contribution >= 0.6 is 0 Å². The lowest BCUT2D eigenvalue weighted by Crippen LogP contribution is -2.33. The summed E-state index contributed by atoms with van der Waals surface area (Å²) in [5.41, 5.74) is 0. The smallest absolute Gasteiger partial charge is 0.147 e. The van der Waals surface area contributed by atoms with E-state index in [0.29, 0.717) is 19.3 Å². The lowest BCUT2D eigenvalue weighted by molar-refractivity contribution is -0.156. The van der Waals surface area contributed by atoms with Crippen molar-refractivity contribution in [1.82, 2.24) is 0 Å². The summed E-state index contributed by atoms with van der Waals surface area (Å²) >= 11 is 0. The summed E-state index contributed by atoms with van der Waals surface area (Å²) in [7, 11) is 0. The molecule has 1 fully saturated rings. The Kier molecular flexibility index (Phi) is 8.32. The number of aliphatic hydroxyl groups is 1. The maximum atomic E-state index is 8.97. The number of ether oxygens (including phenoxy) is 2. The predicted octanol–water partition coefficient (Wildman–Crippen LogP) is 2.88. The summed E-state index contributed by atoms with van der Waals surface area (Å²) in [4.78, 5) is 0. The molecule has 0 bridgehead atoms. The first kappa shape index (κ1) is 14.7. The van der Waals surface area contributed by atoms with Crippen LogP contribution in [0.5, 0.6) is 0 Å². The molecule has 100 valence electrons. The molecular weight excluding hydrogens is 216 g/mol. The number of rotatable bonds is 8. The van der Waals surface area contributed by atoms with Gasteiger partial charge < -0.3 is 14.6 Å². The van der Waals surface area contributed by atoms with Crippen molar-refractivity contribution in [2.24, 2.45) is 5.92 Å². The Morgan fingerprint density at radius 2 is 2.18 bits per heavy atom. The van der Waals surface area contributed by atoms with E-state index in [1.807, 2.05) is 0 Å². The molecule has 1 aliphatic rings. The highest BCUT2D eigenvalue weighted by Crippen LogP contribution is 2.19. The van der Waals surface area contributed by atoms with Gasteiger partial charge in [0.15, 0.2) is 0 Å². The van der Waals surface area contributed by atoms with Gasteiger partial charge in [-0.25, -0.2) is 0 Å². The van der Waals surface area contributed by atoms with E-state index < -0.39 is 0 Å². The minimum Gasteiger partial charge on any atom is -0.396 e. The molecule has 0 spiro atoms. The summed E-state index contributed by atoms with van der Waals surface area (Å²) < 4.78 is 10.8. The average molecular weight is 242 g/mol. The molecule has 1 N–H and O–H groups in total. The molecule has 1 rings (SSSR count). The highest BCUT2D eigenvalue weighted by molar-refractivity contribution is 4.94. The standard InChI is InChI=1S/C14H26O3/c1-2-3-4-5-6-7-8-14-13(9-10-15)11-16-12-17-14/h7-8,13-15H,2-6,9-12H2,1H3. The first-order valence-corrected chi connectivity index (χ1v) is 6.85. The second-order valence-electron chi connectivity index (χ2n) is 4.67. The van der Waals surface area contributed by atoms with Crippen molar-refractivity contribution < 1.29 is 14.6 Å². The highest BCUT2D eigenvalue weighted by Gasteiger charge is 2.23. The molecule has 1 aliphatic heterocycles. The van der Waals surface area contributed by atoms with Crippen LogP contribution in [0.1, 0.15) is 45.4 Å². The Balaban J connectivity index is 2.19. The Bertz CT molecular complexity index is 202. The van der Waals surface area contributed by atoms with E-state index in [1.54, 1.807) is 0 Å². The molecule has 0 radical (unpaired) electrons. The van der Waals surface area contributed by atoms with Gasteiger partial charge in [-0.15, -0.1) is 0 Å². The van der Waals surface area contributed by atoms with Crippen LogP contribution in [0.3, 0.4) is 0 Å². The van der Waals surface area contributed by atoms with Crippen molar-refractivity contribution >= 4 is 0 Å². The molecule has 0 aromatic rings. The monoisotopic (exact) mass is 242 g/mol. The molecule has 2 unspecified atom stereocenters. The molecule has 0 aliphatic carbocycles. The van der Waals surface area contributed by atoms with E-state index in [9.17, 15) is 0 Å². The van der Waals surface area contributed by atoms with Crippen LogP contribution in [-0.4, -0.2) is 31.2 Å². The van der Waals surface area contributed by atoms with Crippen molar-refractivity contribution in [2.75, 3.05) is 20.0 Å². The average Bonchev–Trinajstić information content (AvgIpc) is 2.36. The van der Waals surface area contributed by atoms with Gasteiger partial charge in [0.2, 0.25) is 0 Å². The van der Waals surface area contributed by atoms with Gasteiger partial charge in [-0.1, -0.05) is 38.3 Å². The Morgan fingerprint density at radius 1 is 1.29 bits per heavy atom. The molecule has 0 saturated carbocycles. The normalized spacial score (nSPS) is 25.5. The van der Waals surface area contributed by atoms with Gasteiger partial charge in [0.1, 0.15) is 6.79 Å². The van der Waals surface area contributed by atoms with Crippen molar-refractivity contribution in [2.45, 2.75) is 51.6 Å². The third-order valence-corrected chi connectivity index (χ3v) is 3.19. The summed E-state index contributed by atoms with van der Waals surface area (Å²) in [5.74, 6) is 0.306. The molecule has 3 nitrogen and oxygen atoms in total. The van der Waals surface area contributed by atoms with Crippen molar-refractivity contribution in [1.29, 1.82) is 0 Å². The van der Waals surface area contributed by atoms with Gasteiger partial charge in [-0.3, -0.25) is 0 Å². The zero-order valence-electron chi connectivity index (χ0n) is 10.9. The van der Waals surface area contributed by atoms with E-state index in [2.05, 4.69) is 19.1 Å². The third-order valence-electron chi connectivity index (χ3n) is 3.19. The molecule has 0 aromatic carbocycles. The second-order valence-corrected chi connectivity index (χ2v) is 4.67. The maximum absolute atomic E-state index is 8.97. The minimum atomic E-state index is 0.127. The Hall–Kier alpha value is -0.380. The molecule has 1 saturated heterocycles. The topological polar surface area (TPSA) is 38.7 Å². The van der Waals surface area contributed by atoms with Crippen LogP contribution in [0, 0.1) is 5.92 Å². The van der Waals surface area contributed by atoms with Gasteiger partial charge in [0.05, 0.1) is 12.7 Å². The number of aliphatic hydroxyl groups excluding tert-OH is 1. The second kappa shape index (κ2) is 9.63. The molecule has 1 heterocycles. The van der Waals surface area contributed by atoms with Crippen LogP contribution in [0.25, 0.3) is 0 Å². The number of allylic oxidation sites excluding steroid dienone is 1. The molecule has 3 heteroatoms. The van der Waals surface area contributed by atoms with Crippen molar-refractivity contribution in [3.05, 3.63) is 12.2 Å². The van der Waals surface area contributed by atoms with E-state index in [0.717, 1.165) is 12.8 Å². The van der Waals surface area contributed by atoms with Gasteiger partial charge in [-0.2, -0.15) is 0 Å². The molecule has 17 heavy (non-hydrogen) atoms. The molecular formula is C14H26O3. The zero-order valence-corrected chi connectivity index (χ0v) is 10.9. The fourth-order valence-corrected chi connectivity index (χ4v) is 2.10. The van der Waals surface area contributed by atoms with Crippen LogP contribution in [0.2, 0.25) is 0 Å². The summed E-state index contributed by atoms with van der Waals surface area (Å²) in [5, 5.41) is 8.97. The lowest BCUT2D eigenvalue weighted by Gasteiger charge is -2.29. The molecule has 0 amide bonds. The molecule has 0 aromatic heterocycles.